The highest BCUT2D eigenvalue weighted by Gasteiger charge is 2.31. The molecule has 0 amide bonds. The molecular formula is C51H32N4O. The molecule has 0 atom stereocenters. The monoisotopic (exact) mass is 716 g/mol. The molecule has 10 aromatic rings. The van der Waals surface area contributed by atoms with Crippen LogP contribution in [0.3, 0.4) is 0 Å². The Morgan fingerprint density at radius 3 is 1.71 bits per heavy atom. The summed E-state index contributed by atoms with van der Waals surface area (Å²) in [6.07, 6.45) is 0. The first-order valence-corrected chi connectivity index (χ1v) is 18.8. The minimum atomic E-state index is 0.624. The van der Waals surface area contributed by atoms with Crippen molar-refractivity contribution in [1.82, 2.24) is 15.0 Å². The molecular weight excluding hydrogens is 685 g/mol. The molecule has 1 aliphatic rings. The van der Waals surface area contributed by atoms with Gasteiger partial charge in [0.15, 0.2) is 17.5 Å². The van der Waals surface area contributed by atoms with Gasteiger partial charge in [-0.05, 0) is 64.4 Å². The number of benzene rings is 8. The summed E-state index contributed by atoms with van der Waals surface area (Å²) in [6, 6.07) is 67.5. The van der Waals surface area contributed by atoms with E-state index in [1.807, 2.05) is 66.7 Å². The van der Waals surface area contributed by atoms with Gasteiger partial charge >= 0.3 is 0 Å². The Hall–Kier alpha value is -7.63. The minimum absolute atomic E-state index is 0.624. The average Bonchev–Trinajstić information content (AvgIpc) is 3.60. The Morgan fingerprint density at radius 1 is 0.375 bits per heavy atom. The maximum Gasteiger partial charge on any atom is 0.164 e. The maximum atomic E-state index is 6.77. The van der Waals surface area contributed by atoms with E-state index in [1.165, 1.54) is 10.8 Å². The maximum absolute atomic E-state index is 6.77. The quantitative estimate of drug-likeness (QED) is 0.177. The van der Waals surface area contributed by atoms with Gasteiger partial charge in [0.1, 0.15) is 11.3 Å². The van der Waals surface area contributed by atoms with Crippen LogP contribution >= 0.6 is 0 Å². The van der Waals surface area contributed by atoms with E-state index in [-0.39, 0.29) is 0 Å². The first-order valence-electron chi connectivity index (χ1n) is 18.8. The molecule has 1 aliphatic heterocycles. The summed E-state index contributed by atoms with van der Waals surface area (Å²) in [6.45, 7) is 0. The van der Waals surface area contributed by atoms with Crippen molar-refractivity contribution in [2.75, 3.05) is 4.90 Å². The molecule has 0 radical (unpaired) electrons. The number of rotatable bonds is 5. The molecule has 0 N–H and O–H groups in total. The highest BCUT2D eigenvalue weighted by Crippen LogP contribution is 2.55. The molecule has 5 heteroatoms. The molecule has 2 aromatic heterocycles. The van der Waals surface area contributed by atoms with E-state index >= 15 is 0 Å². The standard InChI is InChI=1S/C51H32N4O/c1-3-16-34(17-4-1)49-52-50(35-18-5-2-6-19-35)54-51(53-49)38-22-13-20-36(31-38)37-21-14-23-39(32-37)55-43-27-11-9-25-41(43)48-47(42-26-10-12-28-45(42)56-48)46-40-24-8-7-15-33(40)29-30-44(46)55/h1-32H. The van der Waals surface area contributed by atoms with Crippen LogP contribution in [-0.4, -0.2) is 15.0 Å². The fourth-order valence-electron chi connectivity index (χ4n) is 8.06. The lowest BCUT2D eigenvalue weighted by atomic mass is 9.93. The van der Waals surface area contributed by atoms with Gasteiger partial charge in [0.05, 0.1) is 11.4 Å². The lowest BCUT2D eigenvalue weighted by Gasteiger charge is -2.28. The van der Waals surface area contributed by atoms with Gasteiger partial charge in [0, 0.05) is 44.5 Å². The normalized spacial score (nSPS) is 11.9. The zero-order chi connectivity index (χ0) is 37.0. The van der Waals surface area contributed by atoms with E-state index in [9.17, 15) is 0 Å². The van der Waals surface area contributed by atoms with Crippen LogP contribution in [0.15, 0.2) is 199 Å². The first kappa shape index (κ1) is 31.9. The van der Waals surface area contributed by atoms with E-state index in [1.54, 1.807) is 0 Å². The summed E-state index contributed by atoms with van der Waals surface area (Å²) >= 11 is 0. The molecule has 5 nitrogen and oxygen atoms in total. The van der Waals surface area contributed by atoms with Gasteiger partial charge in [0.25, 0.3) is 0 Å². The molecule has 0 unspecified atom stereocenters. The molecule has 0 saturated carbocycles. The van der Waals surface area contributed by atoms with Gasteiger partial charge in [-0.2, -0.15) is 0 Å². The first-order chi connectivity index (χ1) is 27.8. The smallest absolute Gasteiger partial charge is 0.164 e. The summed E-state index contributed by atoms with van der Waals surface area (Å²) in [7, 11) is 0. The number of anilines is 3. The molecule has 0 aliphatic carbocycles. The fourth-order valence-corrected chi connectivity index (χ4v) is 8.06. The van der Waals surface area contributed by atoms with Crippen LogP contribution in [0.1, 0.15) is 0 Å². The van der Waals surface area contributed by atoms with Gasteiger partial charge in [0.2, 0.25) is 0 Å². The van der Waals surface area contributed by atoms with E-state index in [0.717, 1.165) is 78.3 Å². The second kappa shape index (κ2) is 13.0. The number of para-hydroxylation sites is 2. The predicted octanol–water partition coefficient (Wildman–Crippen LogP) is 13.6. The third-order valence-electron chi connectivity index (χ3n) is 10.6. The number of hydrogen-bond acceptors (Lipinski definition) is 5. The van der Waals surface area contributed by atoms with Crippen LogP contribution in [0.5, 0.6) is 0 Å². The topological polar surface area (TPSA) is 55.1 Å². The largest absolute Gasteiger partial charge is 0.455 e. The van der Waals surface area contributed by atoms with Crippen LogP contribution in [0.25, 0.3) is 89.5 Å². The van der Waals surface area contributed by atoms with Crippen molar-refractivity contribution in [2.45, 2.75) is 0 Å². The molecule has 0 spiro atoms. The molecule has 8 aromatic carbocycles. The van der Waals surface area contributed by atoms with Gasteiger partial charge in [-0.15, -0.1) is 0 Å². The Bertz CT molecular complexity index is 3040. The Labute approximate surface area is 323 Å². The van der Waals surface area contributed by atoms with Crippen LogP contribution < -0.4 is 4.90 Å². The van der Waals surface area contributed by atoms with Gasteiger partial charge in [-0.25, -0.2) is 15.0 Å². The van der Waals surface area contributed by atoms with Gasteiger partial charge in [-0.3, -0.25) is 0 Å². The number of aromatic nitrogens is 3. The summed E-state index contributed by atoms with van der Waals surface area (Å²) in [5.74, 6) is 2.78. The van der Waals surface area contributed by atoms with Crippen molar-refractivity contribution in [3.8, 4) is 67.7 Å². The Balaban J connectivity index is 1.08. The van der Waals surface area contributed by atoms with E-state index in [4.69, 9.17) is 19.4 Å². The summed E-state index contributed by atoms with van der Waals surface area (Å²) in [5.41, 5.74) is 12.3. The third-order valence-corrected chi connectivity index (χ3v) is 10.6. The number of fused-ring (bicyclic) bond motifs is 9. The second-order valence-corrected chi connectivity index (χ2v) is 14.0. The zero-order valence-electron chi connectivity index (χ0n) is 30.2. The fraction of sp³-hybridized carbons (Fsp3) is 0. The molecule has 262 valence electrons. The Kier molecular flexibility index (Phi) is 7.42. The van der Waals surface area contributed by atoms with Crippen molar-refractivity contribution >= 4 is 38.8 Å². The average molecular weight is 717 g/mol. The molecule has 0 bridgehead atoms. The predicted molar refractivity (Wildman–Crippen MR) is 228 cm³/mol. The lowest BCUT2D eigenvalue weighted by molar-refractivity contribution is 0.633. The molecule has 0 fully saturated rings. The summed E-state index contributed by atoms with van der Waals surface area (Å²) in [4.78, 5) is 17.3. The number of hydrogen-bond donors (Lipinski definition) is 0. The van der Waals surface area contributed by atoms with E-state index in [2.05, 4.69) is 132 Å². The number of nitrogens with zero attached hydrogens (tertiary/aromatic N) is 4. The Morgan fingerprint density at radius 2 is 0.946 bits per heavy atom. The second-order valence-electron chi connectivity index (χ2n) is 14.0. The highest BCUT2D eigenvalue weighted by atomic mass is 16.3. The highest BCUT2D eigenvalue weighted by molar-refractivity contribution is 6.17. The van der Waals surface area contributed by atoms with Crippen molar-refractivity contribution in [3.05, 3.63) is 194 Å². The summed E-state index contributed by atoms with van der Waals surface area (Å²) < 4.78 is 6.77. The van der Waals surface area contributed by atoms with Crippen LogP contribution in [-0.2, 0) is 0 Å². The van der Waals surface area contributed by atoms with Crippen molar-refractivity contribution < 1.29 is 4.42 Å². The molecule has 56 heavy (non-hydrogen) atoms. The zero-order valence-corrected chi connectivity index (χ0v) is 30.2. The van der Waals surface area contributed by atoms with Crippen LogP contribution in [0, 0.1) is 0 Å². The molecule has 11 rings (SSSR count). The van der Waals surface area contributed by atoms with E-state index in [0.29, 0.717) is 17.5 Å². The van der Waals surface area contributed by atoms with Crippen molar-refractivity contribution in [2.24, 2.45) is 0 Å². The van der Waals surface area contributed by atoms with Gasteiger partial charge < -0.3 is 9.32 Å². The lowest BCUT2D eigenvalue weighted by Crippen LogP contribution is -2.11. The minimum Gasteiger partial charge on any atom is -0.455 e. The van der Waals surface area contributed by atoms with Crippen LogP contribution in [0.4, 0.5) is 17.1 Å². The van der Waals surface area contributed by atoms with Crippen LogP contribution in [0.2, 0.25) is 0 Å². The van der Waals surface area contributed by atoms with Crippen molar-refractivity contribution in [3.63, 3.8) is 0 Å². The number of furan rings is 1. The molecule has 3 heterocycles. The molecule has 0 saturated heterocycles. The van der Waals surface area contributed by atoms with Gasteiger partial charge in [-0.1, -0.05) is 152 Å². The third kappa shape index (κ3) is 5.29. The van der Waals surface area contributed by atoms with E-state index < -0.39 is 0 Å². The van der Waals surface area contributed by atoms with Crippen molar-refractivity contribution in [1.29, 1.82) is 0 Å². The summed E-state index contributed by atoms with van der Waals surface area (Å²) in [5, 5.41) is 3.47. The SMILES string of the molecule is c1ccc(-c2nc(-c3ccccc3)nc(-c3cccc(-c4cccc(N5c6ccccc6-c6oc7ccccc7c6-c6c5ccc5ccccc65)c4)c3)n2)cc1.